The highest BCUT2D eigenvalue weighted by atomic mass is 16.2. The minimum absolute atomic E-state index is 0.0163. The van der Waals surface area contributed by atoms with Gasteiger partial charge in [0.05, 0.1) is 12.2 Å². The summed E-state index contributed by atoms with van der Waals surface area (Å²) in [6.07, 6.45) is 1.73. The second-order valence-corrected chi connectivity index (χ2v) is 5.16. The molecule has 20 heavy (non-hydrogen) atoms. The molecule has 2 aromatic rings. The summed E-state index contributed by atoms with van der Waals surface area (Å²) in [4.78, 5) is 20.7. The van der Waals surface area contributed by atoms with Gasteiger partial charge in [-0.2, -0.15) is 0 Å². The monoisotopic (exact) mass is 267 g/mol. The van der Waals surface area contributed by atoms with E-state index in [2.05, 4.69) is 4.98 Å². The van der Waals surface area contributed by atoms with Gasteiger partial charge in [0.25, 0.3) is 0 Å². The first-order valence-electron chi connectivity index (χ1n) is 6.78. The van der Waals surface area contributed by atoms with E-state index < -0.39 is 0 Å². The first-order valence-corrected chi connectivity index (χ1v) is 6.78. The van der Waals surface area contributed by atoms with Crippen LogP contribution in [0, 0.1) is 0 Å². The smallest absolute Gasteiger partial charge is 0.317 e. The minimum Gasteiger partial charge on any atom is -0.317 e. The Morgan fingerprint density at radius 3 is 2.55 bits per heavy atom. The topological polar surface area (TPSA) is 36.4 Å². The normalized spacial score (nSPS) is 14.7. The summed E-state index contributed by atoms with van der Waals surface area (Å²) in [6.45, 7) is 4.67. The Kier molecular flexibility index (Phi) is 3.14. The number of carbonyl (C=O) groups is 1. The third-order valence-corrected chi connectivity index (χ3v) is 3.49. The number of hydrogen-bond acceptors (Lipinski definition) is 2. The van der Waals surface area contributed by atoms with Crippen molar-refractivity contribution in [2.24, 2.45) is 0 Å². The molecule has 0 N–H and O–H groups in total. The maximum absolute atomic E-state index is 12.7. The van der Waals surface area contributed by atoms with Crippen LogP contribution in [0.5, 0.6) is 0 Å². The lowest BCUT2D eigenvalue weighted by Gasteiger charge is -2.38. The highest BCUT2D eigenvalue weighted by Crippen LogP contribution is 2.33. The Morgan fingerprint density at radius 2 is 1.85 bits per heavy atom. The summed E-state index contributed by atoms with van der Waals surface area (Å²) in [6, 6.07) is 13.7. The lowest BCUT2D eigenvalue weighted by atomic mass is 10.1. The molecule has 1 aliphatic rings. The van der Waals surface area contributed by atoms with Gasteiger partial charge in [0.2, 0.25) is 0 Å². The molecule has 4 nitrogen and oxygen atoms in total. The van der Waals surface area contributed by atoms with Gasteiger partial charge in [-0.05, 0) is 32.0 Å². The van der Waals surface area contributed by atoms with Crippen molar-refractivity contribution < 1.29 is 4.79 Å². The van der Waals surface area contributed by atoms with Crippen LogP contribution in [-0.4, -0.2) is 22.0 Å². The van der Waals surface area contributed by atoms with Gasteiger partial charge in [-0.1, -0.05) is 24.3 Å². The number of rotatable bonds is 2. The Morgan fingerprint density at radius 1 is 1.10 bits per heavy atom. The molecule has 102 valence electrons. The zero-order valence-corrected chi connectivity index (χ0v) is 11.7. The predicted octanol–water partition coefficient (Wildman–Crippen LogP) is 3.56. The van der Waals surface area contributed by atoms with E-state index in [0.29, 0.717) is 6.54 Å². The van der Waals surface area contributed by atoms with Crippen molar-refractivity contribution >= 4 is 17.5 Å². The molecule has 0 saturated carbocycles. The summed E-state index contributed by atoms with van der Waals surface area (Å²) in [5.74, 6) is 0.737. The number of nitrogens with zero attached hydrogens (tertiary/aromatic N) is 3. The van der Waals surface area contributed by atoms with E-state index in [1.807, 2.05) is 61.2 Å². The van der Waals surface area contributed by atoms with Gasteiger partial charge in [-0.3, -0.25) is 0 Å². The van der Waals surface area contributed by atoms with E-state index in [9.17, 15) is 4.79 Å². The van der Waals surface area contributed by atoms with E-state index in [0.717, 1.165) is 17.1 Å². The summed E-state index contributed by atoms with van der Waals surface area (Å²) >= 11 is 0. The van der Waals surface area contributed by atoms with Crippen LogP contribution in [0.2, 0.25) is 0 Å². The number of benzene rings is 1. The van der Waals surface area contributed by atoms with Crippen LogP contribution in [0.15, 0.2) is 48.7 Å². The van der Waals surface area contributed by atoms with Crippen LogP contribution in [0.4, 0.5) is 16.3 Å². The largest absolute Gasteiger partial charge is 0.330 e. The first-order chi connectivity index (χ1) is 9.68. The Bertz CT molecular complexity index is 625. The first kappa shape index (κ1) is 12.7. The number of hydrogen-bond donors (Lipinski definition) is 0. The summed E-state index contributed by atoms with van der Waals surface area (Å²) in [5, 5.41) is 0. The molecule has 1 aromatic carbocycles. The molecule has 0 unspecified atom stereocenters. The average molecular weight is 267 g/mol. The quantitative estimate of drug-likeness (QED) is 0.834. The molecule has 0 saturated heterocycles. The van der Waals surface area contributed by atoms with Crippen LogP contribution < -0.4 is 4.90 Å². The molecule has 1 aliphatic heterocycles. The molecule has 2 heterocycles. The number of amides is 2. The molecule has 0 atom stereocenters. The van der Waals surface area contributed by atoms with Gasteiger partial charge >= 0.3 is 6.03 Å². The van der Waals surface area contributed by atoms with Crippen molar-refractivity contribution in [1.82, 2.24) is 9.88 Å². The second-order valence-electron chi connectivity index (χ2n) is 5.16. The Labute approximate surface area is 118 Å². The fourth-order valence-corrected chi connectivity index (χ4v) is 2.44. The summed E-state index contributed by atoms with van der Waals surface area (Å²) in [7, 11) is 0. The number of aromatic nitrogens is 1. The van der Waals surface area contributed by atoms with Crippen molar-refractivity contribution in [1.29, 1.82) is 0 Å². The van der Waals surface area contributed by atoms with Gasteiger partial charge in [0.15, 0.2) is 0 Å². The molecule has 0 spiro atoms. The molecule has 2 amide bonds. The maximum Gasteiger partial charge on any atom is 0.330 e. The van der Waals surface area contributed by atoms with E-state index >= 15 is 0 Å². The van der Waals surface area contributed by atoms with Crippen LogP contribution in [0.1, 0.15) is 19.4 Å². The van der Waals surface area contributed by atoms with Crippen LogP contribution in [0.25, 0.3) is 0 Å². The highest BCUT2D eigenvalue weighted by Gasteiger charge is 2.33. The number of anilines is 2. The SMILES string of the molecule is CC(C)N1Cc2cccnc2N(c2ccccc2)C1=O. The Hall–Kier alpha value is -2.36. The molecule has 3 rings (SSSR count). The molecule has 0 aliphatic carbocycles. The van der Waals surface area contributed by atoms with Gasteiger partial charge in [0, 0.05) is 17.8 Å². The Balaban J connectivity index is 2.13. The predicted molar refractivity (Wildman–Crippen MR) is 78.9 cm³/mol. The zero-order chi connectivity index (χ0) is 14.1. The number of para-hydroxylation sites is 1. The van der Waals surface area contributed by atoms with Crippen molar-refractivity contribution in [2.75, 3.05) is 4.90 Å². The molecular weight excluding hydrogens is 250 g/mol. The van der Waals surface area contributed by atoms with Gasteiger partial charge in [-0.25, -0.2) is 14.7 Å². The molecule has 0 radical (unpaired) electrons. The van der Waals surface area contributed by atoms with E-state index in [4.69, 9.17) is 0 Å². The van der Waals surface area contributed by atoms with Crippen molar-refractivity contribution in [3.8, 4) is 0 Å². The van der Waals surface area contributed by atoms with Crippen LogP contribution in [0.3, 0.4) is 0 Å². The lowest BCUT2D eigenvalue weighted by molar-refractivity contribution is 0.185. The zero-order valence-electron chi connectivity index (χ0n) is 11.7. The molecule has 0 fully saturated rings. The van der Waals surface area contributed by atoms with Gasteiger partial charge < -0.3 is 4.90 Å². The number of carbonyl (C=O) groups excluding carboxylic acids is 1. The third-order valence-electron chi connectivity index (χ3n) is 3.49. The lowest BCUT2D eigenvalue weighted by Crippen LogP contribution is -2.48. The summed E-state index contributed by atoms with van der Waals surface area (Å²) in [5.41, 5.74) is 1.92. The number of fused-ring (bicyclic) bond motifs is 1. The van der Waals surface area contributed by atoms with E-state index in [1.165, 1.54) is 0 Å². The van der Waals surface area contributed by atoms with Crippen molar-refractivity contribution in [3.05, 3.63) is 54.2 Å². The number of urea groups is 1. The fourth-order valence-electron chi connectivity index (χ4n) is 2.44. The standard InChI is InChI=1S/C16H17N3O/c1-12(2)18-11-13-7-6-10-17-15(13)19(16(18)20)14-8-4-3-5-9-14/h3-10,12H,11H2,1-2H3. The minimum atomic E-state index is -0.0163. The molecular formula is C16H17N3O. The van der Waals surface area contributed by atoms with E-state index in [1.54, 1.807) is 11.1 Å². The maximum atomic E-state index is 12.7. The average Bonchev–Trinajstić information content (AvgIpc) is 2.47. The second kappa shape index (κ2) is 4.96. The van der Waals surface area contributed by atoms with Crippen LogP contribution in [-0.2, 0) is 6.54 Å². The van der Waals surface area contributed by atoms with Gasteiger partial charge in [0.1, 0.15) is 5.82 Å². The van der Waals surface area contributed by atoms with E-state index in [-0.39, 0.29) is 12.1 Å². The highest BCUT2D eigenvalue weighted by molar-refractivity contribution is 6.00. The van der Waals surface area contributed by atoms with Gasteiger partial charge in [-0.15, -0.1) is 0 Å². The van der Waals surface area contributed by atoms with Crippen LogP contribution >= 0.6 is 0 Å². The fraction of sp³-hybridized carbons (Fsp3) is 0.250. The van der Waals surface area contributed by atoms with Crippen molar-refractivity contribution in [2.45, 2.75) is 26.4 Å². The third kappa shape index (κ3) is 2.03. The molecule has 0 bridgehead atoms. The number of pyridine rings is 1. The molecule has 1 aromatic heterocycles. The van der Waals surface area contributed by atoms with Crippen molar-refractivity contribution in [3.63, 3.8) is 0 Å². The summed E-state index contributed by atoms with van der Waals surface area (Å²) < 4.78 is 0. The molecule has 4 heteroatoms.